The minimum Gasteiger partial charge on any atom is -0.455 e. The normalized spacial score (nSPS) is 13.4. The van der Waals surface area contributed by atoms with Crippen LogP contribution in [0.3, 0.4) is 0 Å². The molecule has 0 amide bonds. The first-order valence-corrected chi connectivity index (χ1v) is 19.8. The van der Waals surface area contributed by atoms with E-state index in [0.29, 0.717) is 0 Å². The molecule has 9 aromatic carbocycles. The lowest BCUT2D eigenvalue weighted by Crippen LogP contribution is -2.25. The van der Waals surface area contributed by atoms with Crippen LogP contribution in [-0.2, 0) is 5.41 Å². The molecule has 0 bridgehead atoms. The molecule has 0 radical (unpaired) electrons. The highest BCUT2D eigenvalue weighted by atomic mass is 16.3. The maximum absolute atomic E-state index is 6.82. The van der Waals surface area contributed by atoms with E-state index < -0.39 is 5.41 Å². The van der Waals surface area contributed by atoms with Crippen molar-refractivity contribution in [1.29, 1.82) is 0 Å². The maximum atomic E-state index is 6.82. The highest BCUT2D eigenvalue weighted by molar-refractivity contribution is 6.13. The first-order valence-electron chi connectivity index (χ1n) is 19.8. The Balaban J connectivity index is 1.08. The van der Waals surface area contributed by atoms with Crippen LogP contribution in [0.2, 0.25) is 0 Å². The number of rotatable bonds is 3. The van der Waals surface area contributed by atoms with Gasteiger partial charge in [-0.1, -0.05) is 146 Å². The lowest BCUT2D eigenvalue weighted by molar-refractivity contribution is 0.670. The van der Waals surface area contributed by atoms with Gasteiger partial charge in [0.05, 0.1) is 16.4 Å². The molecule has 0 unspecified atom stereocenters. The fraction of sp³-hybridized carbons (Fsp3) is 0.0182. The molecule has 2 heterocycles. The van der Waals surface area contributed by atoms with Crippen molar-refractivity contribution in [2.24, 2.45) is 0 Å². The summed E-state index contributed by atoms with van der Waals surface area (Å²) in [6, 6.07) is 73.7. The Morgan fingerprint density at radius 2 is 0.895 bits per heavy atom. The van der Waals surface area contributed by atoms with Gasteiger partial charge < -0.3 is 8.98 Å². The van der Waals surface area contributed by atoms with Crippen molar-refractivity contribution in [3.8, 4) is 50.2 Å². The van der Waals surface area contributed by atoms with Gasteiger partial charge in [0.15, 0.2) is 0 Å². The fourth-order valence-electron chi connectivity index (χ4n) is 10.5. The molecule has 0 saturated carbocycles. The second-order valence-corrected chi connectivity index (χ2v) is 15.6. The second kappa shape index (κ2) is 11.3. The van der Waals surface area contributed by atoms with Crippen LogP contribution in [0.4, 0.5) is 0 Å². The molecule has 2 heteroatoms. The molecular formula is C55H33NO. The zero-order valence-corrected chi connectivity index (χ0v) is 30.9. The van der Waals surface area contributed by atoms with Crippen molar-refractivity contribution in [3.63, 3.8) is 0 Å². The standard InChI is InChI=1S/C55H33NO/c1-2-14-37(15-3-1)56-51-24-12-7-19-42(51)45-30-34(27-29-52(45)56)36-31-44(54-46(32-36)43-20-8-13-25-53(43)57-54)35-26-28-41-40-18-6-11-23-49(40)55(50(41)33-35)47-21-9-4-16-38(47)39-17-5-10-22-48(39)55/h1-33H. The average Bonchev–Trinajstić information content (AvgIpc) is 4.00. The molecule has 2 aliphatic carbocycles. The van der Waals surface area contributed by atoms with Crippen LogP contribution in [0.1, 0.15) is 22.3 Å². The molecule has 0 N–H and O–H groups in total. The number of para-hydroxylation sites is 3. The van der Waals surface area contributed by atoms with E-state index in [1.54, 1.807) is 0 Å². The SMILES string of the molecule is c1ccc(-n2c3ccccc3c3cc(-c4cc(-c5ccc6c(c5)C5(c7ccccc7-c7ccccc75)c5ccccc5-6)c5oc6ccccc6c5c4)ccc32)cc1. The van der Waals surface area contributed by atoms with Gasteiger partial charge in [-0.15, -0.1) is 0 Å². The fourth-order valence-corrected chi connectivity index (χ4v) is 10.5. The quantitative estimate of drug-likeness (QED) is 0.177. The Morgan fingerprint density at radius 3 is 1.63 bits per heavy atom. The molecule has 57 heavy (non-hydrogen) atoms. The van der Waals surface area contributed by atoms with Crippen molar-refractivity contribution in [2.75, 3.05) is 0 Å². The summed E-state index contributed by atoms with van der Waals surface area (Å²) in [6.45, 7) is 0. The number of fused-ring (bicyclic) bond motifs is 16. The van der Waals surface area contributed by atoms with Crippen LogP contribution in [0.5, 0.6) is 0 Å². The average molecular weight is 724 g/mol. The topological polar surface area (TPSA) is 18.1 Å². The Hall–Kier alpha value is -7.42. The summed E-state index contributed by atoms with van der Waals surface area (Å²) in [6.07, 6.45) is 0. The van der Waals surface area contributed by atoms with Gasteiger partial charge in [-0.05, 0) is 116 Å². The predicted molar refractivity (Wildman–Crippen MR) is 235 cm³/mol. The molecule has 11 aromatic rings. The van der Waals surface area contributed by atoms with Crippen LogP contribution < -0.4 is 0 Å². The first-order chi connectivity index (χ1) is 28.3. The van der Waals surface area contributed by atoms with E-state index in [2.05, 4.69) is 205 Å². The molecule has 2 aliphatic rings. The van der Waals surface area contributed by atoms with Crippen LogP contribution in [0, 0.1) is 0 Å². The lowest BCUT2D eigenvalue weighted by atomic mass is 9.70. The number of hydrogen-bond donors (Lipinski definition) is 0. The minimum atomic E-state index is -0.419. The van der Waals surface area contributed by atoms with Crippen molar-refractivity contribution in [3.05, 3.63) is 222 Å². The molecule has 1 spiro atoms. The first kappa shape index (κ1) is 30.9. The largest absolute Gasteiger partial charge is 0.455 e. The summed E-state index contributed by atoms with van der Waals surface area (Å²) >= 11 is 0. The van der Waals surface area contributed by atoms with E-state index in [4.69, 9.17) is 4.42 Å². The van der Waals surface area contributed by atoms with E-state index in [9.17, 15) is 0 Å². The zero-order valence-electron chi connectivity index (χ0n) is 30.9. The highest BCUT2D eigenvalue weighted by Gasteiger charge is 2.51. The summed E-state index contributed by atoms with van der Waals surface area (Å²) in [4.78, 5) is 0. The van der Waals surface area contributed by atoms with Crippen molar-refractivity contribution < 1.29 is 4.42 Å². The van der Waals surface area contributed by atoms with E-state index >= 15 is 0 Å². The third-order valence-corrected chi connectivity index (χ3v) is 12.8. The van der Waals surface area contributed by atoms with Gasteiger partial charge in [-0.3, -0.25) is 0 Å². The van der Waals surface area contributed by atoms with E-state index in [1.165, 1.54) is 71.9 Å². The van der Waals surface area contributed by atoms with Gasteiger partial charge in [-0.2, -0.15) is 0 Å². The summed E-state index contributed by atoms with van der Waals surface area (Å²) in [7, 11) is 0. The van der Waals surface area contributed by atoms with Crippen LogP contribution >= 0.6 is 0 Å². The van der Waals surface area contributed by atoms with Gasteiger partial charge >= 0.3 is 0 Å². The molecule has 0 saturated heterocycles. The summed E-state index contributed by atoms with van der Waals surface area (Å²) in [5.74, 6) is 0. The molecule has 0 atom stereocenters. The highest BCUT2D eigenvalue weighted by Crippen LogP contribution is 2.63. The Bertz CT molecular complexity index is 3410. The molecule has 13 rings (SSSR count). The number of furan rings is 1. The molecule has 0 aliphatic heterocycles. The Labute approximate surface area is 329 Å². The summed E-state index contributed by atoms with van der Waals surface area (Å²) < 4.78 is 9.20. The number of aromatic nitrogens is 1. The van der Waals surface area contributed by atoms with Crippen LogP contribution in [0.15, 0.2) is 205 Å². The monoisotopic (exact) mass is 723 g/mol. The minimum absolute atomic E-state index is 0.419. The Morgan fingerprint density at radius 1 is 0.333 bits per heavy atom. The number of hydrogen-bond acceptors (Lipinski definition) is 1. The zero-order chi connectivity index (χ0) is 37.2. The van der Waals surface area contributed by atoms with Crippen molar-refractivity contribution in [1.82, 2.24) is 4.57 Å². The van der Waals surface area contributed by atoms with Gasteiger partial charge in [-0.25, -0.2) is 0 Å². The summed E-state index contributed by atoms with van der Waals surface area (Å²) in [5.41, 5.74) is 20.1. The maximum Gasteiger partial charge on any atom is 0.143 e. The third-order valence-electron chi connectivity index (χ3n) is 12.8. The van der Waals surface area contributed by atoms with Crippen molar-refractivity contribution in [2.45, 2.75) is 5.41 Å². The van der Waals surface area contributed by atoms with Gasteiger partial charge in [0, 0.05) is 32.8 Å². The predicted octanol–water partition coefficient (Wildman–Crippen LogP) is 14.4. The third kappa shape index (κ3) is 4.04. The van der Waals surface area contributed by atoms with Crippen molar-refractivity contribution >= 4 is 43.7 Å². The lowest BCUT2D eigenvalue weighted by Gasteiger charge is -2.30. The second-order valence-electron chi connectivity index (χ2n) is 15.6. The van der Waals surface area contributed by atoms with E-state index in [1.807, 2.05) is 0 Å². The molecule has 2 nitrogen and oxygen atoms in total. The van der Waals surface area contributed by atoms with Gasteiger partial charge in [0.1, 0.15) is 11.2 Å². The Kier molecular flexibility index (Phi) is 6.13. The molecular weight excluding hydrogens is 691 g/mol. The molecule has 0 fully saturated rings. The van der Waals surface area contributed by atoms with E-state index in [0.717, 1.165) is 44.3 Å². The van der Waals surface area contributed by atoms with E-state index in [-0.39, 0.29) is 0 Å². The van der Waals surface area contributed by atoms with Gasteiger partial charge in [0.2, 0.25) is 0 Å². The smallest absolute Gasteiger partial charge is 0.143 e. The van der Waals surface area contributed by atoms with Crippen LogP contribution in [0.25, 0.3) is 93.9 Å². The number of benzene rings is 9. The molecule has 2 aromatic heterocycles. The van der Waals surface area contributed by atoms with Gasteiger partial charge in [0.25, 0.3) is 0 Å². The number of nitrogens with zero attached hydrogens (tertiary/aromatic N) is 1. The summed E-state index contributed by atoms with van der Waals surface area (Å²) in [5, 5.41) is 4.73. The van der Waals surface area contributed by atoms with Crippen LogP contribution in [-0.4, -0.2) is 4.57 Å². The molecule has 264 valence electrons.